The normalized spacial score (nSPS) is 11.5. The first-order valence-corrected chi connectivity index (χ1v) is 3.84. The van der Waals surface area contributed by atoms with Crippen LogP contribution >= 0.6 is 0 Å². The van der Waals surface area contributed by atoms with E-state index in [0.29, 0.717) is 19.3 Å². The summed E-state index contributed by atoms with van der Waals surface area (Å²) in [7, 11) is 0. The molecule has 0 atom stereocenters. The van der Waals surface area contributed by atoms with Crippen molar-refractivity contribution in [3.8, 4) is 0 Å². The molecule has 0 spiro atoms. The zero-order chi connectivity index (χ0) is 8.20. The van der Waals surface area contributed by atoms with Crippen LogP contribution in [0.4, 0.5) is 0 Å². The predicted molar refractivity (Wildman–Crippen MR) is 38.3 cm³/mol. The molecule has 0 aromatic carbocycles. The Morgan fingerprint density at radius 1 is 1.20 bits per heavy atom. The molecule has 10 heavy (non-hydrogen) atoms. The van der Waals surface area contributed by atoms with Gasteiger partial charge in [-0.1, -0.05) is 20.8 Å². The van der Waals surface area contributed by atoms with Crippen LogP contribution < -0.4 is 5.11 Å². The van der Waals surface area contributed by atoms with Gasteiger partial charge in [-0.3, -0.25) is 0 Å². The van der Waals surface area contributed by atoms with Crippen LogP contribution in [0.1, 0.15) is 40.0 Å². The standard InChI is InChI=1S/C8H16O2/c1-4-8(5-2,6-3)7(9)10/h4-6H2,1-3H3,(H,9,10)/p-1. The molecular weight excluding hydrogens is 128 g/mol. The second-order valence-electron chi connectivity index (χ2n) is 2.63. The lowest BCUT2D eigenvalue weighted by Crippen LogP contribution is -2.41. The Hall–Kier alpha value is -0.530. The van der Waals surface area contributed by atoms with E-state index in [2.05, 4.69) is 0 Å². The van der Waals surface area contributed by atoms with Gasteiger partial charge in [-0.2, -0.15) is 0 Å². The molecule has 60 valence electrons. The number of aliphatic carboxylic acids is 1. The third-order valence-electron chi connectivity index (χ3n) is 2.46. The molecule has 2 heteroatoms. The minimum absolute atomic E-state index is 0.569. The van der Waals surface area contributed by atoms with Crippen LogP contribution in [-0.2, 0) is 4.79 Å². The topological polar surface area (TPSA) is 40.1 Å². The van der Waals surface area contributed by atoms with E-state index < -0.39 is 11.4 Å². The van der Waals surface area contributed by atoms with Gasteiger partial charge in [0.1, 0.15) is 0 Å². The van der Waals surface area contributed by atoms with Crippen LogP contribution in [-0.4, -0.2) is 5.97 Å². The van der Waals surface area contributed by atoms with Crippen molar-refractivity contribution in [2.45, 2.75) is 40.0 Å². The summed E-state index contributed by atoms with van der Waals surface area (Å²) in [6.07, 6.45) is 2.01. The molecule has 0 heterocycles. The van der Waals surface area contributed by atoms with E-state index in [4.69, 9.17) is 0 Å². The maximum atomic E-state index is 10.6. The van der Waals surface area contributed by atoms with Gasteiger partial charge >= 0.3 is 0 Å². The highest BCUT2D eigenvalue weighted by atomic mass is 16.4. The first-order chi connectivity index (χ1) is 4.63. The van der Waals surface area contributed by atoms with Crippen molar-refractivity contribution >= 4 is 5.97 Å². The molecule has 0 N–H and O–H groups in total. The van der Waals surface area contributed by atoms with Crippen molar-refractivity contribution in [2.75, 3.05) is 0 Å². The molecule has 0 aliphatic carbocycles. The fourth-order valence-electron chi connectivity index (χ4n) is 1.18. The van der Waals surface area contributed by atoms with Gasteiger partial charge in [-0.05, 0) is 19.3 Å². The summed E-state index contributed by atoms with van der Waals surface area (Å²) in [4.78, 5) is 10.6. The molecule has 0 aromatic rings. The average molecular weight is 143 g/mol. The van der Waals surface area contributed by atoms with Crippen LogP contribution in [0.15, 0.2) is 0 Å². The van der Waals surface area contributed by atoms with Gasteiger partial charge < -0.3 is 9.90 Å². The molecule has 2 nitrogen and oxygen atoms in total. The Kier molecular flexibility index (Phi) is 3.40. The monoisotopic (exact) mass is 143 g/mol. The lowest BCUT2D eigenvalue weighted by atomic mass is 9.80. The number of carbonyl (C=O) groups is 1. The van der Waals surface area contributed by atoms with E-state index in [9.17, 15) is 9.90 Å². The van der Waals surface area contributed by atoms with Gasteiger partial charge in [0.15, 0.2) is 0 Å². The Bertz CT molecular complexity index is 106. The third-order valence-corrected chi connectivity index (χ3v) is 2.46. The Morgan fingerprint density at radius 2 is 1.50 bits per heavy atom. The molecule has 0 bridgehead atoms. The summed E-state index contributed by atoms with van der Waals surface area (Å²) in [5.74, 6) is -0.903. The molecule has 0 saturated carbocycles. The van der Waals surface area contributed by atoms with E-state index >= 15 is 0 Å². The van der Waals surface area contributed by atoms with Crippen molar-refractivity contribution in [3.05, 3.63) is 0 Å². The van der Waals surface area contributed by atoms with Crippen LogP contribution in [0.2, 0.25) is 0 Å². The highest BCUT2D eigenvalue weighted by molar-refractivity contribution is 5.72. The second-order valence-corrected chi connectivity index (χ2v) is 2.63. The Labute approximate surface area is 62.2 Å². The molecule has 0 fully saturated rings. The van der Waals surface area contributed by atoms with E-state index in [-0.39, 0.29) is 0 Å². The Morgan fingerprint density at radius 3 is 1.50 bits per heavy atom. The van der Waals surface area contributed by atoms with Gasteiger partial charge in [0.25, 0.3) is 0 Å². The van der Waals surface area contributed by atoms with Gasteiger partial charge in [-0.15, -0.1) is 0 Å². The number of hydrogen-bond donors (Lipinski definition) is 0. The molecular formula is C8H15O2-. The zero-order valence-electron chi connectivity index (χ0n) is 6.94. The number of rotatable bonds is 4. The maximum Gasteiger partial charge on any atom is 0.0475 e. The molecule has 0 saturated heterocycles. The van der Waals surface area contributed by atoms with Crippen molar-refractivity contribution in [2.24, 2.45) is 5.41 Å². The zero-order valence-corrected chi connectivity index (χ0v) is 6.94. The summed E-state index contributed by atoms with van der Waals surface area (Å²) in [5.41, 5.74) is -0.569. The molecule has 0 aliphatic rings. The molecule has 0 amide bonds. The van der Waals surface area contributed by atoms with E-state index in [1.807, 2.05) is 20.8 Å². The second kappa shape index (κ2) is 3.59. The summed E-state index contributed by atoms with van der Waals surface area (Å²) in [5, 5.41) is 10.6. The minimum atomic E-state index is -0.903. The largest absolute Gasteiger partial charge is 0.550 e. The van der Waals surface area contributed by atoms with Crippen LogP contribution in [0.25, 0.3) is 0 Å². The van der Waals surface area contributed by atoms with Crippen LogP contribution in [0.3, 0.4) is 0 Å². The molecule has 0 rings (SSSR count). The summed E-state index contributed by atoms with van der Waals surface area (Å²) in [6.45, 7) is 5.68. The molecule has 0 aliphatic heterocycles. The number of carboxylic acid groups (broad SMARTS) is 1. The minimum Gasteiger partial charge on any atom is -0.550 e. The maximum absolute atomic E-state index is 10.6. The van der Waals surface area contributed by atoms with Crippen molar-refractivity contribution < 1.29 is 9.90 Å². The van der Waals surface area contributed by atoms with Gasteiger partial charge in [-0.25, -0.2) is 0 Å². The van der Waals surface area contributed by atoms with Crippen LogP contribution in [0, 0.1) is 5.41 Å². The number of carboxylic acids is 1. The molecule has 0 radical (unpaired) electrons. The first-order valence-electron chi connectivity index (χ1n) is 3.84. The lowest BCUT2D eigenvalue weighted by Gasteiger charge is -2.31. The fraction of sp³-hybridized carbons (Fsp3) is 0.875. The number of hydrogen-bond acceptors (Lipinski definition) is 2. The van der Waals surface area contributed by atoms with Crippen molar-refractivity contribution in [1.82, 2.24) is 0 Å². The Balaban J connectivity index is 4.31. The van der Waals surface area contributed by atoms with Crippen LogP contribution in [0.5, 0.6) is 0 Å². The predicted octanol–water partition coefficient (Wildman–Crippen LogP) is 0.953. The number of carbonyl (C=O) groups excluding carboxylic acids is 1. The average Bonchev–Trinajstić information content (AvgIpc) is 1.92. The first kappa shape index (κ1) is 9.47. The van der Waals surface area contributed by atoms with E-state index in [0.717, 1.165) is 0 Å². The van der Waals surface area contributed by atoms with Gasteiger partial charge in [0, 0.05) is 11.4 Å². The lowest BCUT2D eigenvalue weighted by molar-refractivity contribution is -0.320. The van der Waals surface area contributed by atoms with Gasteiger partial charge in [0.2, 0.25) is 0 Å². The SMILES string of the molecule is CCC(CC)(CC)C(=O)[O-]. The summed E-state index contributed by atoms with van der Waals surface area (Å²) < 4.78 is 0. The highest BCUT2D eigenvalue weighted by Gasteiger charge is 2.24. The molecule has 0 aromatic heterocycles. The van der Waals surface area contributed by atoms with Crippen molar-refractivity contribution in [1.29, 1.82) is 0 Å². The molecule has 0 unspecified atom stereocenters. The smallest absolute Gasteiger partial charge is 0.0475 e. The van der Waals surface area contributed by atoms with Gasteiger partial charge in [0.05, 0.1) is 0 Å². The van der Waals surface area contributed by atoms with Crippen molar-refractivity contribution in [3.63, 3.8) is 0 Å². The third kappa shape index (κ3) is 1.49. The highest BCUT2D eigenvalue weighted by Crippen LogP contribution is 2.28. The quantitative estimate of drug-likeness (QED) is 0.588. The summed E-state index contributed by atoms with van der Waals surface area (Å²) >= 11 is 0. The van der Waals surface area contributed by atoms with E-state index in [1.165, 1.54) is 0 Å². The van der Waals surface area contributed by atoms with E-state index in [1.54, 1.807) is 0 Å². The fourth-order valence-corrected chi connectivity index (χ4v) is 1.18. The summed E-state index contributed by atoms with van der Waals surface area (Å²) in [6, 6.07) is 0.